The van der Waals surface area contributed by atoms with Crippen molar-refractivity contribution in [3.8, 4) is 0 Å². The zero-order valence-electron chi connectivity index (χ0n) is 6.35. The molecule has 0 heterocycles. The molecule has 0 aliphatic heterocycles. The van der Waals surface area contributed by atoms with E-state index in [2.05, 4.69) is 21.2 Å². The monoisotopic (exact) mass is 289 g/mol. The molecule has 13 heavy (non-hydrogen) atoms. The zero-order chi connectivity index (χ0) is 10.4. The number of carbonyl (C=O) groups is 3. The predicted octanol–water partition coefficient (Wildman–Crippen LogP) is 0.787. The smallest absolute Gasteiger partial charge is 0.244 e. The maximum atomic E-state index is 10.8. The highest BCUT2D eigenvalue weighted by Gasteiger charge is 2.20. The number of alkyl halides is 1. The largest absolute Gasteiger partial charge is 0.344 e. The molecule has 4 nitrogen and oxygen atoms in total. The van der Waals surface area contributed by atoms with E-state index in [-0.39, 0.29) is 11.8 Å². The average molecular weight is 291 g/mol. The lowest BCUT2D eigenvalue weighted by atomic mass is 10.2. The van der Waals surface area contributed by atoms with Crippen molar-refractivity contribution in [2.24, 2.45) is 0 Å². The number of amides is 1. The quantitative estimate of drug-likeness (QED) is 0.601. The summed E-state index contributed by atoms with van der Waals surface area (Å²) in [5, 5.41) is 0.712. The minimum atomic E-state index is -1.04. The molecule has 1 atom stereocenters. The van der Waals surface area contributed by atoms with Crippen molar-refractivity contribution in [2.45, 2.75) is 12.5 Å². The molecule has 1 unspecified atom stereocenters. The van der Waals surface area contributed by atoms with E-state index in [0.717, 1.165) is 0 Å². The van der Waals surface area contributed by atoms with Gasteiger partial charge in [-0.25, -0.2) is 0 Å². The summed E-state index contributed by atoms with van der Waals surface area (Å²) in [4.78, 5) is 31.9. The average Bonchev–Trinajstić information content (AvgIpc) is 2.02. The fourth-order valence-electron chi connectivity index (χ4n) is 0.581. The molecule has 0 aliphatic rings. The van der Waals surface area contributed by atoms with Gasteiger partial charge in [0.2, 0.25) is 16.4 Å². The molecule has 0 saturated heterocycles. The summed E-state index contributed by atoms with van der Waals surface area (Å²) in [6.45, 7) is 0. The van der Waals surface area contributed by atoms with Gasteiger partial charge in [-0.15, -0.1) is 0 Å². The highest BCUT2D eigenvalue weighted by Crippen LogP contribution is 2.01. The second-order valence-electron chi connectivity index (χ2n) is 2.12. The molecule has 0 rings (SSSR count). The third-order valence-electron chi connectivity index (χ3n) is 1.10. The number of carbonyl (C=O) groups excluding carboxylic acids is 3. The van der Waals surface area contributed by atoms with E-state index < -0.39 is 22.4 Å². The van der Waals surface area contributed by atoms with Crippen molar-refractivity contribution in [3.63, 3.8) is 0 Å². The van der Waals surface area contributed by atoms with Gasteiger partial charge in [0.15, 0.2) is 0 Å². The molecule has 1 amide bonds. The first kappa shape index (κ1) is 12.9. The van der Waals surface area contributed by atoms with Crippen LogP contribution in [0, 0.1) is 0 Å². The first-order valence-electron chi connectivity index (χ1n) is 3.20. The van der Waals surface area contributed by atoms with Crippen LogP contribution in [0.25, 0.3) is 0 Å². The number of rotatable bonds is 5. The molecule has 0 bridgehead atoms. The number of halogens is 3. The van der Waals surface area contributed by atoms with Gasteiger partial charge in [-0.2, -0.15) is 0 Å². The van der Waals surface area contributed by atoms with Crippen molar-refractivity contribution in [3.05, 3.63) is 0 Å². The second-order valence-corrected chi connectivity index (χ2v) is 3.47. The van der Waals surface area contributed by atoms with Crippen LogP contribution in [0.4, 0.5) is 0 Å². The molecule has 0 aromatic carbocycles. The number of hydrogen-bond donors (Lipinski definition) is 1. The van der Waals surface area contributed by atoms with Crippen LogP contribution in [0.2, 0.25) is 0 Å². The Labute approximate surface area is 93.1 Å². The second kappa shape index (κ2) is 6.34. The van der Waals surface area contributed by atoms with E-state index in [1.54, 1.807) is 0 Å². The summed E-state index contributed by atoms with van der Waals surface area (Å²) in [5.41, 5.74) is 0. The summed E-state index contributed by atoms with van der Waals surface area (Å²) >= 11 is 13.0. The molecule has 0 aromatic heterocycles. The Morgan fingerprint density at radius 3 is 2.15 bits per heavy atom. The van der Waals surface area contributed by atoms with Crippen LogP contribution in [-0.4, -0.2) is 27.8 Å². The highest BCUT2D eigenvalue weighted by atomic mass is 79.9. The molecule has 0 spiro atoms. The minimum Gasteiger partial charge on any atom is -0.344 e. The normalized spacial score (nSPS) is 11.9. The maximum absolute atomic E-state index is 10.8. The van der Waals surface area contributed by atoms with Gasteiger partial charge < -0.3 is 5.32 Å². The Bertz CT molecular complexity index is 234. The molecule has 0 aromatic rings. The van der Waals surface area contributed by atoms with E-state index in [0.29, 0.717) is 0 Å². The SMILES string of the molecule is O=C(Cl)CC(NC(=O)CBr)C(=O)Cl. The molecule has 0 saturated carbocycles. The Morgan fingerprint density at radius 2 is 1.85 bits per heavy atom. The Hall–Kier alpha value is -0.130. The first-order chi connectivity index (χ1) is 5.97. The van der Waals surface area contributed by atoms with Gasteiger partial charge in [0.1, 0.15) is 6.04 Å². The molecular weight excluding hydrogens is 285 g/mol. The highest BCUT2D eigenvalue weighted by molar-refractivity contribution is 9.09. The van der Waals surface area contributed by atoms with Crippen LogP contribution in [0.5, 0.6) is 0 Å². The summed E-state index contributed by atoms with van der Waals surface area (Å²) in [6, 6.07) is -1.04. The van der Waals surface area contributed by atoms with Gasteiger partial charge in [-0.3, -0.25) is 14.4 Å². The van der Waals surface area contributed by atoms with Gasteiger partial charge in [0, 0.05) is 0 Å². The van der Waals surface area contributed by atoms with E-state index in [9.17, 15) is 14.4 Å². The Morgan fingerprint density at radius 1 is 1.31 bits per heavy atom. The predicted molar refractivity (Wildman–Crippen MR) is 52.1 cm³/mol. The fraction of sp³-hybridized carbons (Fsp3) is 0.500. The standard InChI is InChI=1S/C6H6BrCl2NO3/c7-2-5(12)10-3(6(9)13)1-4(8)11/h3H,1-2H2,(H,10,12). The van der Waals surface area contributed by atoms with Crippen LogP contribution in [0.15, 0.2) is 0 Å². The lowest BCUT2D eigenvalue weighted by Gasteiger charge is -2.10. The van der Waals surface area contributed by atoms with Gasteiger partial charge in [0.05, 0.1) is 11.8 Å². The van der Waals surface area contributed by atoms with E-state index in [1.165, 1.54) is 0 Å². The molecular formula is C6H6BrCl2NO3. The van der Waals surface area contributed by atoms with Crippen molar-refractivity contribution in [2.75, 3.05) is 5.33 Å². The van der Waals surface area contributed by atoms with Crippen LogP contribution < -0.4 is 5.32 Å². The van der Waals surface area contributed by atoms with Crippen LogP contribution >= 0.6 is 39.1 Å². The molecule has 0 fully saturated rings. The van der Waals surface area contributed by atoms with Gasteiger partial charge in [0.25, 0.3) is 0 Å². The van der Waals surface area contributed by atoms with Crippen LogP contribution in [-0.2, 0) is 14.4 Å². The third kappa shape index (κ3) is 6.01. The molecule has 0 radical (unpaired) electrons. The molecule has 7 heteroatoms. The summed E-state index contributed by atoms with van der Waals surface area (Å²) in [5.74, 6) is -0.433. The molecule has 74 valence electrons. The maximum Gasteiger partial charge on any atom is 0.244 e. The molecule has 0 aliphatic carbocycles. The minimum absolute atomic E-state index is 0.0319. The summed E-state index contributed by atoms with van der Waals surface area (Å²) < 4.78 is 0. The van der Waals surface area contributed by atoms with Gasteiger partial charge in [-0.05, 0) is 23.2 Å². The fourth-order valence-corrected chi connectivity index (χ4v) is 1.03. The molecule has 1 N–H and O–H groups in total. The lowest BCUT2D eigenvalue weighted by molar-refractivity contribution is -0.124. The van der Waals surface area contributed by atoms with Crippen molar-refractivity contribution in [1.82, 2.24) is 5.32 Å². The van der Waals surface area contributed by atoms with Crippen LogP contribution in [0.1, 0.15) is 6.42 Å². The Kier molecular flexibility index (Phi) is 6.28. The van der Waals surface area contributed by atoms with Crippen molar-refractivity contribution < 1.29 is 14.4 Å². The topological polar surface area (TPSA) is 63.2 Å². The summed E-state index contributed by atoms with van der Waals surface area (Å²) in [6.07, 6.45) is -0.303. The van der Waals surface area contributed by atoms with Crippen molar-refractivity contribution in [1.29, 1.82) is 0 Å². The van der Waals surface area contributed by atoms with E-state index >= 15 is 0 Å². The van der Waals surface area contributed by atoms with Crippen LogP contribution in [0.3, 0.4) is 0 Å². The lowest BCUT2D eigenvalue weighted by Crippen LogP contribution is -2.40. The summed E-state index contributed by atoms with van der Waals surface area (Å²) in [7, 11) is 0. The van der Waals surface area contributed by atoms with E-state index in [1.807, 2.05) is 0 Å². The van der Waals surface area contributed by atoms with Gasteiger partial charge >= 0.3 is 0 Å². The Balaban J connectivity index is 4.18. The van der Waals surface area contributed by atoms with Gasteiger partial charge in [-0.1, -0.05) is 15.9 Å². The number of nitrogens with one attached hydrogen (secondary N) is 1. The third-order valence-corrected chi connectivity index (χ3v) is 2.02. The first-order valence-corrected chi connectivity index (χ1v) is 5.08. The van der Waals surface area contributed by atoms with Crippen molar-refractivity contribution >= 4 is 55.5 Å². The number of hydrogen-bond acceptors (Lipinski definition) is 3. The zero-order valence-corrected chi connectivity index (χ0v) is 9.45. The van der Waals surface area contributed by atoms with E-state index in [4.69, 9.17) is 23.2 Å².